The molecule has 1 amide bonds. The number of aliphatic hydroxyl groups excluding tert-OH is 1. The molecule has 2 N–H and O–H groups in total. The molecular formula is C54H105N2O6P. The molecule has 0 aromatic carbocycles. The highest BCUT2D eigenvalue weighted by Crippen LogP contribution is 2.38. The van der Waals surface area contributed by atoms with Crippen molar-refractivity contribution in [3.63, 3.8) is 0 Å². The molecule has 0 aromatic rings. The lowest BCUT2D eigenvalue weighted by atomic mass is 10.0. The van der Waals surface area contributed by atoms with Crippen LogP contribution in [-0.4, -0.2) is 68.5 Å². The van der Waals surface area contributed by atoms with Crippen molar-refractivity contribution in [1.29, 1.82) is 0 Å². The maximum Gasteiger partial charge on any atom is 0.268 e. The second-order valence-corrected chi connectivity index (χ2v) is 21.0. The number of carbonyl (C=O) groups is 1. The molecule has 0 fully saturated rings. The fourth-order valence-electron chi connectivity index (χ4n) is 7.81. The van der Waals surface area contributed by atoms with Gasteiger partial charge in [0.05, 0.1) is 39.9 Å². The third-order valence-electron chi connectivity index (χ3n) is 12.1. The number of unbranched alkanes of at least 4 members (excludes halogenated alkanes) is 32. The molecule has 9 heteroatoms. The Bertz CT molecular complexity index is 1120. The molecule has 0 aliphatic rings. The quantitative estimate of drug-likeness (QED) is 0.0272. The first-order chi connectivity index (χ1) is 30.5. The number of allylic oxidation sites excluding steroid dienone is 5. The van der Waals surface area contributed by atoms with E-state index in [0.717, 1.165) is 38.5 Å². The first-order valence-electron chi connectivity index (χ1n) is 26.9. The molecule has 0 bridgehead atoms. The van der Waals surface area contributed by atoms with Crippen molar-refractivity contribution in [1.82, 2.24) is 5.32 Å². The van der Waals surface area contributed by atoms with Crippen molar-refractivity contribution in [3.8, 4) is 0 Å². The maximum atomic E-state index is 12.9. The molecule has 0 rings (SSSR count). The molecule has 372 valence electrons. The van der Waals surface area contributed by atoms with E-state index in [9.17, 15) is 19.4 Å². The molecule has 63 heavy (non-hydrogen) atoms. The van der Waals surface area contributed by atoms with Gasteiger partial charge in [-0.05, 0) is 57.8 Å². The Morgan fingerprint density at radius 1 is 0.540 bits per heavy atom. The lowest BCUT2D eigenvalue weighted by Gasteiger charge is -2.29. The summed E-state index contributed by atoms with van der Waals surface area (Å²) in [4.78, 5) is 25.4. The van der Waals surface area contributed by atoms with Crippen LogP contribution < -0.4 is 10.2 Å². The molecule has 0 aliphatic heterocycles. The van der Waals surface area contributed by atoms with Crippen LogP contribution in [0.2, 0.25) is 0 Å². The summed E-state index contributed by atoms with van der Waals surface area (Å²) in [7, 11) is 1.25. The van der Waals surface area contributed by atoms with Gasteiger partial charge in [0.1, 0.15) is 13.2 Å². The number of nitrogens with one attached hydrogen (secondary N) is 1. The lowest BCUT2D eigenvalue weighted by molar-refractivity contribution is -0.870. The van der Waals surface area contributed by atoms with Crippen molar-refractivity contribution in [2.45, 2.75) is 264 Å². The van der Waals surface area contributed by atoms with Crippen LogP contribution in [0.3, 0.4) is 0 Å². The van der Waals surface area contributed by atoms with Crippen LogP contribution in [0.5, 0.6) is 0 Å². The molecule has 3 unspecified atom stereocenters. The zero-order valence-electron chi connectivity index (χ0n) is 42.3. The van der Waals surface area contributed by atoms with Gasteiger partial charge in [-0.1, -0.05) is 224 Å². The van der Waals surface area contributed by atoms with Gasteiger partial charge in [0.25, 0.3) is 7.82 Å². The van der Waals surface area contributed by atoms with Crippen LogP contribution in [0.15, 0.2) is 36.5 Å². The molecule has 3 atom stereocenters. The molecule has 0 radical (unpaired) electrons. The third-order valence-corrected chi connectivity index (χ3v) is 13.0. The number of phosphoric acid groups is 1. The van der Waals surface area contributed by atoms with Gasteiger partial charge in [-0.3, -0.25) is 9.36 Å². The number of aliphatic hydroxyl groups is 1. The van der Waals surface area contributed by atoms with Crippen LogP contribution in [0.25, 0.3) is 0 Å². The predicted octanol–water partition coefficient (Wildman–Crippen LogP) is 15.2. The predicted molar refractivity (Wildman–Crippen MR) is 270 cm³/mol. The summed E-state index contributed by atoms with van der Waals surface area (Å²) in [6.07, 6.45) is 57.9. The smallest absolute Gasteiger partial charge is 0.268 e. The van der Waals surface area contributed by atoms with Crippen LogP contribution in [0.4, 0.5) is 0 Å². The van der Waals surface area contributed by atoms with Crippen molar-refractivity contribution >= 4 is 13.7 Å². The highest BCUT2D eigenvalue weighted by molar-refractivity contribution is 7.45. The summed E-state index contributed by atoms with van der Waals surface area (Å²) in [6.45, 7) is 4.64. The Kier molecular flexibility index (Phi) is 44.9. The number of amides is 1. The molecule has 0 heterocycles. The van der Waals surface area contributed by atoms with Gasteiger partial charge in [-0.25, -0.2) is 0 Å². The number of phosphoric ester groups is 1. The second-order valence-electron chi connectivity index (χ2n) is 19.6. The Morgan fingerprint density at radius 2 is 0.889 bits per heavy atom. The summed E-state index contributed by atoms with van der Waals surface area (Å²) in [5.41, 5.74) is 0. The standard InChI is InChI=1S/C54H105N2O6P/c1-6-8-10-12-14-16-18-20-22-23-24-25-26-27-28-29-30-31-32-33-34-36-38-40-42-44-46-48-54(58)55-52(51-62-63(59,60)61-50-49-56(3,4)5)53(57)47-45-43-41-39-37-35-21-19-17-15-13-11-9-7-2/h27-28,37,39,45,47,52-53,57H,6-26,29-36,38,40-44,46,48-51H2,1-5H3,(H-,55,58,59,60)/b28-27-,39-37+,47-45+. The summed E-state index contributed by atoms with van der Waals surface area (Å²) in [5, 5.41) is 13.8. The van der Waals surface area contributed by atoms with Gasteiger partial charge in [0.15, 0.2) is 0 Å². The molecule has 0 aromatic heterocycles. The number of rotatable bonds is 49. The van der Waals surface area contributed by atoms with Crippen LogP contribution in [-0.2, 0) is 18.4 Å². The van der Waals surface area contributed by atoms with Crippen molar-refractivity contribution in [2.24, 2.45) is 0 Å². The molecule has 0 saturated heterocycles. The highest BCUT2D eigenvalue weighted by atomic mass is 31.2. The average molecular weight is 909 g/mol. The number of carbonyl (C=O) groups excluding carboxylic acids is 1. The molecule has 0 saturated carbocycles. The summed E-state index contributed by atoms with van der Waals surface area (Å²) in [5.74, 6) is -0.207. The Hall–Kier alpha value is -1.28. The monoisotopic (exact) mass is 909 g/mol. The van der Waals surface area contributed by atoms with E-state index in [1.54, 1.807) is 6.08 Å². The van der Waals surface area contributed by atoms with E-state index in [1.807, 2.05) is 27.2 Å². The Labute approximate surface area is 391 Å². The minimum absolute atomic E-state index is 0.00599. The first-order valence-corrected chi connectivity index (χ1v) is 28.3. The molecule has 0 aliphatic carbocycles. The molecular weight excluding hydrogens is 804 g/mol. The SMILES string of the molecule is CCCCCCCCCC/C=C/CC/C=C/C(O)C(COP(=O)([O-])OCC[N+](C)(C)C)NC(=O)CCCCCCCCCCCCC/C=C\CCCCCCCCCCCCCC. The number of hydrogen-bond acceptors (Lipinski definition) is 6. The van der Waals surface area contributed by atoms with Crippen molar-refractivity contribution < 1.29 is 32.9 Å². The maximum absolute atomic E-state index is 12.9. The number of quaternary nitrogens is 1. The van der Waals surface area contributed by atoms with E-state index in [-0.39, 0.29) is 12.5 Å². The highest BCUT2D eigenvalue weighted by Gasteiger charge is 2.23. The topological polar surface area (TPSA) is 108 Å². The lowest BCUT2D eigenvalue weighted by Crippen LogP contribution is -2.45. The van der Waals surface area contributed by atoms with Crippen molar-refractivity contribution in [2.75, 3.05) is 40.9 Å². The number of nitrogens with zero attached hydrogens (tertiary/aromatic N) is 1. The second kappa shape index (κ2) is 45.9. The van der Waals surface area contributed by atoms with Gasteiger partial charge >= 0.3 is 0 Å². The van der Waals surface area contributed by atoms with E-state index < -0.39 is 26.6 Å². The van der Waals surface area contributed by atoms with Gasteiger partial charge < -0.3 is 28.8 Å². The minimum atomic E-state index is -4.60. The zero-order chi connectivity index (χ0) is 46.4. The van der Waals surface area contributed by atoms with E-state index in [1.165, 1.54) is 193 Å². The van der Waals surface area contributed by atoms with E-state index in [2.05, 4.69) is 43.5 Å². The molecule has 8 nitrogen and oxygen atoms in total. The van der Waals surface area contributed by atoms with Crippen LogP contribution in [0, 0.1) is 0 Å². The summed E-state index contributed by atoms with van der Waals surface area (Å²) in [6, 6.07) is -0.902. The van der Waals surface area contributed by atoms with Gasteiger partial charge in [-0.15, -0.1) is 0 Å². The van der Waals surface area contributed by atoms with E-state index in [0.29, 0.717) is 17.4 Å². The Morgan fingerprint density at radius 3 is 1.29 bits per heavy atom. The minimum Gasteiger partial charge on any atom is -0.756 e. The van der Waals surface area contributed by atoms with Crippen molar-refractivity contribution in [3.05, 3.63) is 36.5 Å². The summed E-state index contributed by atoms with van der Waals surface area (Å²) < 4.78 is 23.3. The summed E-state index contributed by atoms with van der Waals surface area (Å²) >= 11 is 0. The van der Waals surface area contributed by atoms with Crippen LogP contribution in [0.1, 0.15) is 251 Å². The van der Waals surface area contributed by atoms with Gasteiger partial charge in [-0.2, -0.15) is 0 Å². The van der Waals surface area contributed by atoms with Crippen LogP contribution >= 0.6 is 7.82 Å². The molecule has 0 spiro atoms. The number of likely N-dealkylation sites (N-methyl/N-ethyl adjacent to an activating group) is 1. The fourth-order valence-corrected chi connectivity index (χ4v) is 8.53. The normalized spacial score (nSPS) is 14.3. The largest absolute Gasteiger partial charge is 0.756 e. The first kappa shape index (κ1) is 61.7. The third kappa shape index (κ3) is 48.5. The fraction of sp³-hybridized carbons (Fsp3) is 0.870. The van der Waals surface area contributed by atoms with E-state index >= 15 is 0 Å². The van der Waals surface area contributed by atoms with Gasteiger partial charge in [0.2, 0.25) is 5.91 Å². The zero-order valence-corrected chi connectivity index (χ0v) is 43.2. The average Bonchev–Trinajstić information content (AvgIpc) is 3.24. The van der Waals surface area contributed by atoms with E-state index in [4.69, 9.17) is 9.05 Å². The Balaban J connectivity index is 4.18. The number of hydrogen-bond donors (Lipinski definition) is 2. The van der Waals surface area contributed by atoms with Gasteiger partial charge in [0, 0.05) is 6.42 Å².